The minimum absolute atomic E-state index is 0.0183. The van der Waals surface area contributed by atoms with Gasteiger partial charge in [-0.05, 0) is 45.9 Å². The molecule has 1 aromatic carbocycles. The van der Waals surface area contributed by atoms with Gasteiger partial charge in [0.25, 0.3) is 5.91 Å². The first-order valence-corrected chi connectivity index (χ1v) is 10.4. The highest BCUT2D eigenvalue weighted by molar-refractivity contribution is 5.94. The molecular formula is C23H31N5O2. The molecule has 1 amide bonds. The number of benzene rings is 1. The molecule has 1 unspecified atom stereocenters. The number of carbonyl (C=O) groups is 1. The first-order chi connectivity index (χ1) is 14.4. The summed E-state index contributed by atoms with van der Waals surface area (Å²) in [5.41, 5.74) is 4.34. The van der Waals surface area contributed by atoms with Crippen LogP contribution < -0.4 is 5.32 Å². The number of amides is 1. The third kappa shape index (κ3) is 5.36. The fraction of sp³-hybridized carbons (Fsp3) is 0.435. The molecule has 2 heterocycles. The summed E-state index contributed by atoms with van der Waals surface area (Å²) >= 11 is 0. The Morgan fingerprint density at radius 3 is 2.60 bits per heavy atom. The molecule has 1 N–H and O–H groups in total. The number of hydrogen-bond donors (Lipinski definition) is 1. The molecule has 7 heteroatoms. The summed E-state index contributed by atoms with van der Waals surface area (Å²) in [6.07, 6.45) is 0.828. The summed E-state index contributed by atoms with van der Waals surface area (Å²) in [5, 5.41) is 11.7. The number of aromatic nitrogens is 3. The third-order valence-electron chi connectivity index (χ3n) is 5.27. The van der Waals surface area contributed by atoms with Gasteiger partial charge in [-0.1, -0.05) is 42.4 Å². The normalized spacial score (nSPS) is 12.3. The highest BCUT2D eigenvalue weighted by Crippen LogP contribution is 2.17. The number of nitrogens with zero attached hydrogens (tertiary/aromatic N) is 4. The topological polar surface area (TPSA) is 76.2 Å². The van der Waals surface area contributed by atoms with Crippen LogP contribution in [-0.4, -0.2) is 45.4 Å². The summed E-state index contributed by atoms with van der Waals surface area (Å²) in [6.45, 7) is 9.90. The number of nitrogens with one attached hydrogen (secondary N) is 1. The summed E-state index contributed by atoms with van der Waals surface area (Å²) in [4.78, 5) is 15.2. The Balaban J connectivity index is 1.66. The van der Waals surface area contributed by atoms with Crippen molar-refractivity contribution in [3.8, 4) is 0 Å². The van der Waals surface area contributed by atoms with Crippen LogP contribution in [0, 0.1) is 20.8 Å². The van der Waals surface area contributed by atoms with E-state index in [0.717, 1.165) is 36.5 Å². The second kappa shape index (κ2) is 9.71. The van der Waals surface area contributed by atoms with Gasteiger partial charge in [0.1, 0.15) is 5.76 Å². The SMILES string of the molecule is CCC(CN(C)Cc1ccccc1)NC(=O)c1noc(C)c1Cn1nc(C)cc1C. The van der Waals surface area contributed by atoms with Gasteiger partial charge in [-0.2, -0.15) is 5.10 Å². The average molecular weight is 410 g/mol. The Morgan fingerprint density at radius 2 is 1.97 bits per heavy atom. The molecule has 0 fully saturated rings. The Morgan fingerprint density at radius 1 is 1.23 bits per heavy atom. The Kier molecular flexibility index (Phi) is 7.05. The smallest absolute Gasteiger partial charge is 0.274 e. The van der Waals surface area contributed by atoms with E-state index < -0.39 is 0 Å². The van der Waals surface area contributed by atoms with Gasteiger partial charge in [0.05, 0.1) is 12.2 Å². The maximum Gasteiger partial charge on any atom is 0.274 e. The Hall–Kier alpha value is -2.93. The number of aryl methyl sites for hydroxylation is 3. The minimum atomic E-state index is -0.205. The fourth-order valence-electron chi connectivity index (χ4n) is 3.61. The largest absolute Gasteiger partial charge is 0.361 e. The predicted octanol–water partition coefficient (Wildman–Crippen LogP) is 3.49. The summed E-state index contributed by atoms with van der Waals surface area (Å²) < 4.78 is 7.22. The van der Waals surface area contributed by atoms with E-state index in [9.17, 15) is 4.79 Å². The molecule has 30 heavy (non-hydrogen) atoms. The van der Waals surface area contributed by atoms with Crippen LogP contribution in [0.15, 0.2) is 40.9 Å². The van der Waals surface area contributed by atoms with Crippen molar-refractivity contribution < 1.29 is 9.32 Å². The molecular weight excluding hydrogens is 378 g/mol. The zero-order chi connectivity index (χ0) is 21.7. The fourth-order valence-corrected chi connectivity index (χ4v) is 3.61. The van der Waals surface area contributed by atoms with Crippen LogP contribution in [0.1, 0.15) is 52.1 Å². The van der Waals surface area contributed by atoms with Crippen molar-refractivity contribution in [1.29, 1.82) is 0 Å². The highest BCUT2D eigenvalue weighted by atomic mass is 16.5. The van der Waals surface area contributed by atoms with Gasteiger partial charge in [0, 0.05) is 30.4 Å². The van der Waals surface area contributed by atoms with Crippen molar-refractivity contribution in [3.63, 3.8) is 0 Å². The molecule has 0 aliphatic carbocycles. The Labute approximate surface area is 178 Å². The van der Waals surface area contributed by atoms with E-state index in [0.29, 0.717) is 18.0 Å². The van der Waals surface area contributed by atoms with Gasteiger partial charge in [-0.25, -0.2) is 0 Å². The van der Waals surface area contributed by atoms with Gasteiger partial charge in [-0.15, -0.1) is 0 Å². The Bertz CT molecular complexity index is 977. The quantitative estimate of drug-likeness (QED) is 0.585. The van der Waals surface area contributed by atoms with Gasteiger partial charge in [0.2, 0.25) is 0 Å². The van der Waals surface area contributed by atoms with Gasteiger partial charge < -0.3 is 14.7 Å². The van der Waals surface area contributed by atoms with Crippen LogP contribution in [0.3, 0.4) is 0 Å². The number of carbonyl (C=O) groups excluding carboxylic acids is 1. The molecule has 7 nitrogen and oxygen atoms in total. The predicted molar refractivity (Wildman–Crippen MR) is 116 cm³/mol. The van der Waals surface area contributed by atoms with Crippen molar-refractivity contribution in [1.82, 2.24) is 25.2 Å². The van der Waals surface area contributed by atoms with Crippen LogP contribution >= 0.6 is 0 Å². The second-order valence-electron chi connectivity index (χ2n) is 7.91. The summed E-state index contributed by atoms with van der Waals surface area (Å²) in [5.74, 6) is 0.435. The molecule has 0 saturated heterocycles. The number of hydrogen-bond acceptors (Lipinski definition) is 5. The standard InChI is InChI=1S/C23H31N5O2/c1-6-20(14-27(5)13-19-10-8-7-9-11-19)24-23(29)22-21(18(4)30-26-22)15-28-17(3)12-16(2)25-28/h7-12,20H,6,13-15H2,1-5H3,(H,24,29). The van der Waals surface area contributed by atoms with Crippen molar-refractivity contribution in [3.05, 3.63) is 70.4 Å². The average Bonchev–Trinajstić information content (AvgIpc) is 3.23. The maximum absolute atomic E-state index is 13.0. The third-order valence-corrected chi connectivity index (χ3v) is 5.27. The lowest BCUT2D eigenvalue weighted by molar-refractivity contribution is 0.0915. The molecule has 3 rings (SSSR count). The molecule has 0 radical (unpaired) electrons. The van der Waals surface area contributed by atoms with Gasteiger partial charge >= 0.3 is 0 Å². The molecule has 0 bridgehead atoms. The monoisotopic (exact) mass is 409 g/mol. The van der Waals surface area contributed by atoms with Crippen LogP contribution in [0.5, 0.6) is 0 Å². The molecule has 160 valence electrons. The van der Waals surface area contributed by atoms with E-state index >= 15 is 0 Å². The maximum atomic E-state index is 13.0. The first kappa shape index (κ1) is 21.8. The van der Waals surface area contributed by atoms with E-state index in [1.165, 1.54) is 5.56 Å². The van der Waals surface area contributed by atoms with E-state index in [2.05, 4.69) is 46.6 Å². The number of rotatable bonds is 9. The molecule has 3 aromatic rings. The van der Waals surface area contributed by atoms with Crippen LogP contribution in [-0.2, 0) is 13.1 Å². The van der Waals surface area contributed by atoms with E-state index in [-0.39, 0.29) is 11.9 Å². The van der Waals surface area contributed by atoms with Gasteiger partial charge in [-0.3, -0.25) is 9.48 Å². The van der Waals surface area contributed by atoms with Crippen molar-refractivity contribution in [2.45, 2.75) is 53.2 Å². The van der Waals surface area contributed by atoms with Crippen molar-refractivity contribution in [2.24, 2.45) is 0 Å². The zero-order valence-corrected chi connectivity index (χ0v) is 18.5. The van der Waals surface area contributed by atoms with E-state index in [1.54, 1.807) is 0 Å². The van der Waals surface area contributed by atoms with Gasteiger partial charge in [0.15, 0.2) is 5.69 Å². The highest BCUT2D eigenvalue weighted by Gasteiger charge is 2.23. The van der Waals surface area contributed by atoms with Crippen LogP contribution in [0.2, 0.25) is 0 Å². The summed E-state index contributed by atoms with van der Waals surface area (Å²) in [6, 6.07) is 12.3. The molecule has 1 atom stereocenters. The van der Waals surface area contributed by atoms with Crippen molar-refractivity contribution in [2.75, 3.05) is 13.6 Å². The van der Waals surface area contributed by atoms with E-state index in [4.69, 9.17) is 4.52 Å². The van der Waals surface area contributed by atoms with E-state index in [1.807, 2.05) is 49.7 Å². The first-order valence-electron chi connectivity index (χ1n) is 10.4. The van der Waals surface area contributed by atoms with Crippen molar-refractivity contribution >= 4 is 5.91 Å². The molecule has 0 aliphatic heterocycles. The lowest BCUT2D eigenvalue weighted by Gasteiger charge is -2.24. The number of likely N-dealkylation sites (N-methyl/N-ethyl adjacent to an activating group) is 1. The lowest BCUT2D eigenvalue weighted by Crippen LogP contribution is -2.42. The zero-order valence-electron chi connectivity index (χ0n) is 18.5. The molecule has 0 spiro atoms. The molecule has 0 aliphatic rings. The second-order valence-corrected chi connectivity index (χ2v) is 7.91. The van der Waals surface area contributed by atoms with Crippen LogP contribution in [0.4, 0.5) is 0 Å². The summed E-state index contributed by atoms with van der Waals surface area (Å²) in [7, 11) is 2.07. The minimum Gasteiger partial charge on any atom is -0.361 e. The van der Waals surface area contributed by atoms with Crippen LogP contribution in [0.25, 0.3) is 0 Å². The molecule has 0 saturated carbocycles. The lowest BCUT2D eigenvalue weighted by atomic mass is 10.1. The molecule has 2 aromatic heterocycles.